The largest absolute Gasteiger partial charge is 0.465 e. The number of esters is 1. The van der Waals surface area contributed by atoms with E-state index in [0.29, 0.717) is 24.3 Å². The summed E-state index contributed by atoms with van der Waals surface area (Å²) in [7, 11) is 1.40. The molecule has 0 aromatic carbocycles. The van der Waals surface area contributed by atoms with Gasteiger partial charge in [0.05, 0.1) is 12.7 Å². The number of thiol groups is 1. The van der Waals surface area contributed by atoms with Crippen molar-refractivity contribution in [3.63, 3.8) is 0 Å². The first kappa shape index (κ1) is 13.9. The number of carbonyl (C=O) groups excluding carboxylic acids is 2. The zero-order valence-electron chi connectivity index (χ0n) is 11.3. The number of fused-ring (bicyclic) bond motifs is 1. The van der Waals surface area contributed by atoms with Crippen molar-refractivity contribution in [2.45, 2.75) is 25.7 Å². The molecule has 0 N–H and O–H groups in total. The van der Waals surface area contributed by atoms with Crippen molar-refractivity contribution < 1.29 is 14.3 Å². The van der Waals surface area contributed by atoms with Gasteiger partial charge in [-0.05, 0) is 36.5 Å². The summed E-state index contributed by atoms with van der Waals surface area (Å²) >= 11 is 5.87. The molecule has 2 aliphatic rings. The van der Waals surface area contributed by atoms with Crippen LogP contribution in [-0.2, 0) is 22.4 Å². The van der Waals surface area contributed by atoms with Crippen LogP contribution in [0.2, 0.25) is 0 Å². The Morgan fingerprint density at radius 1 is 1.50 bits per heavy atom. The monoisotopic (exact) mass is 311 g/mol. The predicted molar refractivity (Wildman–Crippen MR) is 82.0 cm³/mol. The second-order valence-corrected chi connectivity index (χ2v) is 6.73. The first-order valence-corrected chi connectivity index (χ1v) is 8.24. The van der Waals surface area contributed by atoms with Crippen LogP contribution in [0.3, 0.4) is 0 Å². The second kappa shape index (κ2) is 5.41. The van der Waals surface area contributed by atoms with Crippen LogP contribution >= 0.6 is 24.0 Å². The maximum Gasteiger partial charge on any atom is 0.341 e. The van der Waals surface area contributed by atoms with E-state index in [0.717, 1.165) is 29.8 Å². The molecule has 1 unspecified atom stereocenters. The van der Waals surface area contributed by atoms with E-state index in [1.165, 1.54) is 12.0 Å². The lowest BCUT2D eigenvalue weighted by molar-refractivity contribution is -0.117. The van der Waals surface area contributed by atoms with Crippen LogP contribution in [-0.4, -0.2) is 31.3 Å². The van der Waals surface area contributed by atoms with Crippen molar-refractivity contribution in [2.24, 2.45) is 5.92 Å². The lowest BCUT2D eigenvalue weighted by Gasteiger charge is -2.16. The molecule has 6 heteroatoms. The number of anilines is 1. The van der Waals surface area contributed by atoms with Crippen LogP contribution in [0, 0.1) is 5.92 Å². The zero-order valence-corrected chi connectivity index (χ0v) is 13.1. The van der Waals surface area contributed by atoms with Crippen molar-refractivity contribution in [3.05, 3.63) is 16.0 Å². The topological polar surface area (TPSA) is 46.6 Å². The molecule has 108 valence electrons. The maximum atomic E-state index is 12.2. The highest BCUT2D eigenvalue weighted by atomic mass is 32.1. The van der Waals surface area contributed by atoms with Crippen molar-refractivity contribution in [2.75, 3.05) is 24.3 Å². The minimum atomic E-state index is -0.318. The fourth-order valence-electron chi connectivity index (χ4n) is 2.99. The van der Waals surface area contributed by atoms with E-state index in [9.17, 15) is 9.59 Å². The summed E-state index contributed by atoms with van der Waals surface area (Å²) in [5.74, 6) is 0.741. The molecule has 0 radical (unpaired) electrons. The first-order valence-electron chi connectivity index (χ1n) is 6.79. The van der Waals surface area contributed by atoms with E-state index in [1.807, 2.05) is 0 Å². The van der Waals surface area contributed by atoms with Gasteiger partial charge in [0.15, 0.2) is 0 Å². The summed E-state index contributed by atoms with van der Waals surface area (Å²) in [5, 5.41) is 0.788. The third-order valence-corrected chi connectivity index (χ3v) is 5.83. The average molecular weight is 311 g/mol. The van der Waals surface area contributed by atoms with Gasteiger partial charge < -0.3 is 9.64 Å². The van der Waals surface area contributed by atoms with Crippen LogP contribution in [0.1, 0.15) is 33.6 Å². The first-order chi connectivity index (χ1) is 9.65. The third kappa shape index (κ3) is 2.15. The van der Waals surface area contributed by atoms with Crippen LogP contribution in [0.4, 0.5) is 5.00 Å². The molecule has 1 amide bonds. The standard InChI is InChI=1S/C14H17NO3S2/c1-18-14(17)12-9-3-2-4-10(9)20-13(12)15-6-8(7-19)5-11(15)16/h8,19H,2-7H2,1H3. The van der Waals surface area contributed by atoms with Crippen molar-refractivity contribution in [1.82, 2.24) is 0 Å². The smallest absolute Gasteiger partial charge is 0.341 e. The third-order valence-electron chi connectivity index (χ3n) is 4.00. The maximum absolute atomic E-state index is 12.2. The van der Waals surface area contributed by atoms with Crippen molar-refractivity contribution in [1.29, 1.82) is 0 Å². The van der Waals surface area contributed by atoms with Crippen LogP contribution < -0.4 is 4.90 Å². The number of amides is 1. The molecule has 1 saturated heterocycles. The minimum Gasteiger partial charge on any atom is -0.465 e. The highest BCUT2D eigenvalue weighted by Crippen LogP contribution is 2.43. The average Bonchev–Trinajstić information content (AvgIpc) is 3.10. The highest BCUT2D eigenvalue weighted by Gasteiger charge is 2.36. The molecule has 1 aliphatic heterocycles. The number of nitrogens with zero attached hydrogens (tertiary/aromatic N) is 1. The van der Waals surface area contributed by atoms with Crippen molar-refractivity contribution >= 4 is 40.8 Å². The molecule has 3 rings (SSSR count). The van der Waals surface area contributed by atoms with Gasteiger partial charge >= 0.3 is 5.97 Å². The number of rotatable bonds is 3. The Labute approximate surface area is 127 Å². The lowest BCUT2D eigenvalue weighted by atomic mass is 10.1. The second-order valence-electron chi connectivity index (χ2n) is 5.29. The van der Waals surface area contributed by atoms with Gasteiger partial charge in [0.2, 0.25) is 5.91 Å². The summed E-state index contributed by atoms with van der Waals surface area (Å²) in [5.41, 5.74) is 1.72. The predicted octanol–water partition coefficient (Wildman–Crippen LogP) is 2.31. The number of aryl methyl sites for hydroxylation is 1. The van der Waals surface area contributed by atoms with E-state index in [-0.39, 0.29) is 17.8 Å². The normalized spacial score (nSPS) is 21.4. The Bertz CT molecular complexity index is 567. The Morgan fingerprint density at radius 3 is 2.95 bits per heavy atom. The Kier molecular flexibility index (Phi) is 3.77. The van der Waals surface area contributed by atoms with Crippen LogP contribution in [0.25, 0.3) is 0 Å². The summed E-state index contributed by atoms with van der Waals surface area (Å²) in [6.07, 6.45) is 3.52. The van der Waals surface area contributed by atoms with Gasteiger partial charge in [-0.1, -0.05) is 0 Å². The van der Waals surface area contributed by atoms with Crippen LogP contribution in [0.5, 0.6) is 0 Å². The fraction of sp³-hybridized carbons (Fsp3) is 0.571. The van der Waals surface area contributed by atoms with Gasteiger partial charge in [-0.15, -0.1) is 11.3 Å². The summed E-state index contributed by atoms with van der Waals surface area (Å²) in [6.45, 7) is 0.658. The number of carbonyl (C=O) groups is 2. The molecule has 20 heavy (non-hydrogen) atoms. The number of ether oxygens (including phenoxy) is 1. The van der Waals surface area contributed by atoms with Gasteiger partial charge in [-0.2, -0.15) is 12.6 Å². The van der Waals surface area contributed by atoms with E-state index in [2.05, 4.69) is 12.6 Å². The van der Waals surface area contributed by atoms with Crippen LogP contribution in [0.15, 0.2) is 0 Å². The molecule has 4 nitrogen and oxygen atoms in total. The van der Waals surface area contributed by atoms with E-state index >= 15 is 0 Å². The molecule has 1 atom stereocenters. The Hall–Kier alpha value is -1.01. The van der Waals surface area contributed by atoms with Crippen molar-refractivity contribution in [3.8, 4) is 0 Å². The number of hydrogen-bond acceptors (Lipinski definition) is 5. The van der Waals surface area contributed by atoms with Gasteiger partial charge in [-0.25, -0.2) is 4.79 Å². The highest BCUT2D eigenvalue weighted by molar-refractivity contribution is 7.80. The van der Waals surface area contributed by atoms with Gasteiger partial charge in [0.1, 0.15) is 5.00 Å². The SMILES string of the molecule is COC(=O)c1c(N2CC(CS)CC2=O)sc2c1CCC2. The van der Waals surface area contributed by atoms with E-state index in [4.69, 9.17) is 4.74 Å². The zero-order chi connectivity index (χ0) is 14.3. The molecule has 0 spiro atoms. The molecule has 1 aliphatic carbocycles. The molecular formula is C14H17NO3S2. The van der Waals surface area contributed by atoms with Gasteiger partial charge in [0, 0.05) is 17.8 Å². The number of thiophene rings is 1. The number of methoxy groups -OCH3 is 1. The van der Waals surface area contributed by atoms with E-state index in [1.54, 1.807) is 16.2 Å². The molecule has 1 aromatic rings. The minimum absolute atomic E-state index is 0.0918. The molecule has 0 bridgehead atoms. The Balaban J connectivity index is 2.02. The molecule has 1 aromatic heterocycles. The van der Waals surface area contributed by atoms with Gasteiger partial charge in [0.25, 0.3) is 0 Å². The number of hydrogen-bond donors (Lipinski definition) is 1. The fourth-order valence-corrected chi connectivity index (χ4v) is 4.64. The summed E-state index contributed by atoms with van der Waals surface area (Å²) < 4.78 is 4.92. The molecule has 1 fully saturated rings. The molecule has 2 heterocycles. The molecular weight excluding hydrogens is 294 g/mol. The molecule has 0 saturated carbocycles. The summed E-state index contributed by atoms with van der Waals surface area (Å²) in [6, 6.07) is 0. The quantitative estimate of drug-likeness (QED) is 0.688. The lowest BCUT2D eigenvalue weighted by Crippen LogP contribution is -2.26. The van der Waals surface area contributed by atoms with E-state index < -0.39 is 0 Å². The van der Waals surface area contributed by atoms with Gasteiger partial charge in [-0.3, -0.25) is 4.79 Å². The summed E-state index contributed by atoms with van der Waals surface area (Å²) in [4.78, 5) is 27.3. The Morgan fingerprint density at radius 2 is 2.30 bits per heavy atom.